The zero-order valence-electron chi connectivity index (χ0n) is 15.6. The van der Waals surface area contributed by atoms with E-state index in [4.69, 9.17) is 16.3 Å². The second kappa shape index (κ2) is 10.5. The summed E-state index contributed by atoms with van der Waals surface area (Å²) in [4.78, 5) is 26.4. The zero-order valence-corrected chi connectivity index (χ0v) is 21.5. The van der Waals surface area contributed by atoms with E-state index in [0.717, 1.165) is 48.6 Å². The van der Waals surface area contributed by atoms with Gasteiger partial charge in [-0.2, -0.15) is 0 Å². The van der Waals surface area contributed by atoms with Gasteiger partial charge < -0.3 is 4.74 Å². The number of nitrogens with zero attached hydrogens (tertiary/aromatic N) is 1. The summed E-state index contributed by atoms with van der Waals surface area (Å²) in [6.45, 7) is 2.96. The van der Waals surface area contributed by atoms with Crippen molar-refractivity contribution in [3.63, 3.8) is 0 Å². The highest BCUT2D eigenvalue weighted by Crippen LogP contribution is 2.35. The molecule has 152 valence electrons. The van der Waals surface area contributed by atoms with E-state index in [-0.39, 0.29) is 11.1 Å². The molecule has 1 fully saturated rings. The summed E-state index contributed by atoms with van der Waals surface area (Å²) in [6, 6.07) is 11.5. The molecule has 0 aliphatic carbocycles. The Labute approximate surface area is 206 Å². The molecule has 0 saturated carbocycles. The summed E-state index contributed by atoms with van der Waals surface area (Å²) in [7, 11) is 0. The Morgan fingerprint density at radius 3 is 2.41 bits per heavy atom. The van der Waals surface area contributed by atoms with Crippen molar-refractivity contribution in [2.24, 2.45) is 0 Å². The maximum absolute atomic E-state index is 12.5. The molecule has 0 spiro atoms. The van der Waals surface area contributed by atoms with Crippen molar-refractivity contribution in [3.05, 3.63) is 64.6 Å². The number of halogens is 3. The molecule has 2 aromatic rings. The number of benzene rings is 2. The Morgan fingerprint density at radius 1 is 1.14 bits per heavy atom. The lowest BCUT2D eigenvalue weighted by atomic mass is 10.2. The van der Waals surface area contributed by atoms with Crippen LogP contribution < -0.4 is 4.74 Å². The van der Waals surface area contributed by atoms with Gasteiger partial charge in [0.2, 0.25) is 0 Å². The molecule has 0 aromatic heterocycles. The first kappa shape index (κ1) is 22.9. The van der Waals surface area contributed by atoms with E-state index >= 15 is 0 Å². The van der Waals surface area contributed by atoms with Crippen molar-refractivity contribution in [1.82, 2.24) is 4.90 Å². The Hall–Kier alpha value is -0.780. The van der Waals surface area contributed by atoms with Crippen molar-refractivity contribution < 1.29 is 14.3 Å². The highest BCUT2D eigenvalue weighted by molar-refractivity contribution is 14.1. The molecular formula is C21H18ClI2NO3S. The van der Waals surface area contributed by atoms with Gasteiger partial charge in [0.15, 0.2) is 0 Å². The first-order valence-electron chi connectivity index (χ1n) is 9.00. The summed E-state index contributed by atoms with van der Waals surface area (Å²) < 4.78 is 7.89. The van der Waals surface area contributed by atoms with E-state index in [1.54, 1.807) is 6.08 Å². The molecule has 1 saturated heterocycles. The maximum atomic E-state index is 12.5. The first-order chi connectivity index (χ1) is 13.9. The van der Waals surface area contributed by atoms with Gasteiger partial charge in [0.25, 0.3) is 11.1 Å². The van der Waals surface area contributed by atoms with Gasteiger partial charge in [-0.05, 0) is 105 Å². The van der Waals surface area contributed by atoms with Crippen molar-refractivity contribution in [2.45, 2.75) is 26.4 Å². The lowest BCUT2D eigenvalue weighted by Gasteiger charge is -2.12. The number of carbonyl (C=O) groups is 2. The van der Waals surface area contributed by atoms with Crippen LogP contribution in [0.25, 0.3) is 6.08 Å². The van der Waals surface area contributed by atoms with Crippen molar-refractivity contribution in [2.75, 3.05) is 6.54 Å². The van der Waals surface area contributed by atoms with Crippen LogP contribution in [0.4, 0.5) is 4.79 Å². The fraction of sp³-hybridized carbons (Fsp3) is 0.238. The summed E-state index contributed by atoms with van der Waals surface area (Å²) in [5, 5.41) is 0.503. The molecule has 0 atom stereocenters. The molecule has 2 aromatic carbocycles. The number of hydrogen-bond donors (Lipinski definition) is 0. The van der Waals surface area contributed by atoms with E-state index in [2.05, 4.69) is 45.2 Å². The van der Waals surface area contributed by atoms with Crippen molar-refractivity contribution in [3.8, 4) is 5.75 Å². The number of carbonyl (C=O) groups excluding carboxylic acids is 2. The van der Waals surface area contributed by atoms with Gasteiger partial charge in [-0.3, -0.25) is 14.5 Å². The fourth-order valence-corrected chi connectivity index (χ4v) is 5.82. The topological polar surface area (TPSA) is 46.6 Å². The molecule has 1 aliphatic heterocycles. The predicted octanol–water partition coefficient (Wildman–Crippen LogP) is 6.96. The minimum absolute atomic E-state index is 0.193. The SMILES string of the molecule is CCCCN1C(=O)S/C(=C\c2cc(I)c(OCc3ccc(Cl)cc3)c(I)c2)C1=O. The summed E-state index contributed by atoms with van der Waals surface area (Å²) in [5.74, 6) is 0.593. The molecule has 29 heavy (non-hydrogen) atoms. The molecule has 0 bridgehead atoms. The fourth-order valence-electron chi connectivity index (χ4n) is 2.70. The maximum Gasteiger partial charge on any atom is 0.293 e. The molecule has 1 heterocycles. The minimum Gasteiger partial charge on any atom is -0.487 e. The van der Waals surface area contributed by atoms with Crippen LogP contribution in [0.2, 0.25) is 5.02 Å². The van der Waals surface area contributed by atoms with E-state index in [1.165, 1.54) is 4.90 Å². The van der Waals surface area contributed by atoms with Gasteiger partial charge in [-0.1, -0.05) is 37.1 Å². The first-order valence-corrected chi connectivity index (χ1v) is 12.4. The third kappa shape index (κ3) is 5.89. The molecular weight excluding hydrogens is 636 g/mol. The average Bonchev–Trinajstić information content (AvgIpc) is 2.94. The second-order valence-corrected chi connectivity index (χ2v) is 10.2. The van der Waals surface area contributed by atoms with E-state index in [1.807, 2.05) is 43.3 Å². The van der Waals surface area contributed by atoms with Crippen LogP contribution in [0, 0.1) is 7.14 Å². The summed E-state index contributed by atoms with van der Waals surface area (Å²) >= 11 is 11.4. The average molecular weight is 654 g/mol. The number of thioether (sulfide) groups is 1. The lowest BCUT2D eigenvalue weighted by molar-refractivity contribution is -0.122. The van der Waals surface area contributed by atoms with Gasteiger partial charge in [-0.15, -0.1) is 0 Å². The zero-order chi connectivity index (χ0) is 21.0. The lowest BCUT2D eigenvalue weighted by Crippen LogP contribution is -2.29. The van der Waals surface area contributed by atoms with E-state index < -0.39 is 0 Å². The molecule has 4 nitrogen and oxygen atoms in total. The Kier molecular flexibility index (Phi) is 8.29. The molecule has 0 unspecified atom stereocenters. The highest BCUT2D eigenvalue weighted by Gasteiger charge is 2.34. The van der Waals surface area contributed by atoms with Crippen molar-refractivity contribution >= 4 is 85.8 Å². The van der Waals surface area contributed by atoms with Crippen LogP contribution in [-0.4, -0.2) is 22.6 Å². The van der Waals surface area contributed by atoms with Gasteiger partial charge in [0, 0.05) is 11.6 Å². The third-order valence-corrected chi connectivity index (χ3v) is 6.99. The normalized spacial score (nSPS) is 15.4. The molecule has 1 aliphatic rings. The largest absolute Gasteiger partial charge is 0.487 e. The highest BCUT2D eigenvalue weighted by atomic mass is 127. The Balaban J connectivity index is 1.75. The van der Waals surface area contributed by atoms with Gasteiger partial charge in [-0.25, -0.2) is 0 Å². The number of rotatable bonds is 7. The molecule has 0 radical (unpaired) electrons. The Morgan fingerprint density at radius 2 is 1.79 bits per heavy atom. The Bertz CT molecular complexity index is 940. The molecule has 3 rings (SSSR count). The number of ether oxygens (including phenoxy) is 1. The number of unbranched alkanes of at least 4 members (excludes halogenated alkanes) is 1. The van der Waals surface area contributed by atoms with Crippen molar-refractivity contribution in [1.29, 1.82) is 0 Å². The van der Waals surface area contributed by atoms with Crippen LogP contribution in [-0.2, 0) is 11.4 Å². The van der Waals surface area contributed by atoms with Crippen LogP contribution in [0.5, 0.6) is 5.75 Å². The van der Waals surface area contributed by atoms with Crippen LogP contribution in [0.1, 0.15) is 30.9 Å². The number of amides is 2. The molecule has 2 amide bonds. The minimum atomic E-state index is -0.207. The van der Waals surface area contributed by atoms with E-state index in [0.29, 0.717) is 23.1 Å². The van der Waals surface area contributed by atoms with Gasteiger partial charge >= 0.3 is 0 Å². The number of hydrogen-bond acceptors (Lipinski definition) is 4. The third-order valence-electron chi connectivity index (χ3n) is 4.22. The molecule has 8 heteroatoms. The van der Waals surface area contributed by atoms with E-state index in [9.17, 15) is 9.59 Å². The van der Waals surface area contributed by atoms with Crippen LogP contribution >= 0.6 is 68.5 Å². The summed E-state index contributed by atoms with van der Waals surface area (Å²) in [5.41, 5.74) is 1.91. The van der Waals surface area contributed by atoms with Gasteiger partial charge in [0.1, 0.15) is 12.4 Å². The standard InChI is InChI=1S/C21H18ClI2NO3S/c1-2-3-8-25-20(26)18(29-21(25)27)11-14-9-16(23)19(17(24)10-14)28-12-13-4-6-15(22)7-5-13/h4-7,9-11H,2-3,8,12H2,1H3/b18-11-. The number of imide groups is 1. The molecule has 0 N–H and O–H groups in total. The van der Waals surface area contributed by atoms with Gasteiger partial charge in [0.05, 0.1) is 12.0 Å². The smallest absolute Gasteiger partial charge is 0.293 e. The van der Waals surface area contributed by atoms with Crippen LogP contribution in [0.3, 0.4) is 0 Å². The monoisotopic (exact) mass is 653 g/mol. The van der Waals surface area contributed by atoms with Crippen LogP contribution in [0.15, 0.2) is 41.3 Å². The predicted molar refractivity (Wildman–Crippen MR) is 135 cm³/mol. The summed E-state index contributed by atoms with van der Waals surface area (Å²) in [6.07, 6.45) is 3.54. The second-order valence-electron chi connectivity index (χ2n) is 6.42. The quantitative estimate of drug-likeness (QED) is 0.240.